The average Bonchev–Trinajstić information content (AvgIpc) is 2.97. The van der Waals surface area contributed by atoms with Gasteiger partial charge in [0.2, 0.25) is 0 Å². The van der Waals surface area contributed by atoms with Crippen molar-refractivity contribution < 1.29 is 29.0 Å². The number of carboxylic acids is 1. The fourth-order valence-electron chi connectivity index (χ4n) is 3.11. The lowest BCUT2D eigenvalue weighted by atomic mass is 10.1. The van der Waals surface area contributed by atoms with E-state index in [0.717, 1.165) is 0 Å². The molecule has 0 aliphatic carbocycles. The molecule has 2 aromatic carbocycles. The second-order valence-corrected chi connectivity index (χ2v) is 6.70. The summed E-state index contributed by atoms with van der Waals surface area (Å²) in [5.74, 6) is -1.13. The number of unbranched alkanes of at least 4 members (excludes halogenated alkanes) is 1. The minimum Gasteiger partial charge on any atom is -0.494 e. The Morgan fingerprint density at radius 3 is 2.07 bits per heavy atom. The van der Waals surface area contributed by atoms with Crippen LogP contribution in [0.25, 0.3) is 0 Å². The molecule has 0 unspecified atom stereocenters. The number of carbonyl (C=O) groups is 4. The molecule has 1 aliphatic rings. The molecule has 7 heteroatoms. The van der Waals surface area contributed by atoms with Gasteiger partial charge >= 0.3 is 5.97 Å². The molecule has 0 radical (unpaired) electrons. The van der Waals surface area contributed by atoms with Crippen molar-refractivity contribution in [3.63, 3.8) is 0 Å². The molecule has 2 amide bonds. The number of hydrogen-bond donors (Lipinski definition) is 1. The predicted octanol–water partition coefficient (Wildman–Crippen LogP) is 3.19. The van der Waals surface area contributed by atoms with Crippen LogP contribution in [0.5, 0.6) is 5.75 Å². The Balaban J connectivity index is 1.40. The van der Waals surface area contributed by atoms with E-state index in [1.165, 1.54) is 4.90 Å². The first-order valence-corrected chi connectivity index (χ1v) is 9.40. The summed E-state index contributed by atoms with van der Waals surface area (Å²) < 4.78 is 5.63. The monoisotopic (exact) mass is 395 g/mol. The van der Waals surface area contributed by atoms with Gasteiger partial charge in [0.1, 0.15) is 5.75 Å². The molecule has 3 rings (SSSR count). The number of Topliss-reactive ketones (excluding diaryl/α,β-unsaturated/α-hetero) is 1. The maximum Gasteiger partial charge on any atom is 0.303 e. The first-order valence-electron chi connectivity index (χ1n) is 9.40. The first-order chi connectivity index (χ1) is 14.0. The van der Waals surface area contributed by atoms with Crippen LogP contribution in [-0.2, 0) is 4.79 Å². The zero-order valence-electron chi connectivity index (χ0n) is 15.8. The number of ether oxygens (including phenoxy) is 1. The van der Waals surface area contributed by atoms with Gasteiger partial charge in [-0.15, -0.1) is 0 Å². The van der Waals surface area contributed by atoms with Crippen LogP contribution in [-0.4, -0.2) is 46.7 Å². The molecule has 0 fully saturated rings. The van der Waals surface area contributed by atoms with E-state index >= 15 is 0 Å². The summed E-state index contributed by atoms with van der Waals surface area (Å²) in [6, 6.07) is 13.4. The number of aliphatic carboxylic acids is 1. The summed E-state index contributed by atoms with van der Waals surface area (Å²) in [6.45, 7) is 0.752. The van der Waals surface area contributed by atoms with Gasteiger partial charge in [-0.25, -0.2) is 0 Å². The van der Waals surface area contributed by atoms with E-state index in [1.807, 2.05) is 0 Å². The van der Waals surface area contributed by atoms with Gasteiger partial charge in [-0.3, -0.25) is 24.1 Å². The van der Waals surface area contributed by atoms with Crippen molar-refractivity contribution in [3.8, 4) is 5.75 Å². The molecule has 1 N–H and O–H groups in total. The quantitative estimate of drug-likeness (QED) is 0.377. The Bertz CT molecular complexity index is 900. The minimum atomic E-state index is -1.00. The van der Waals surface area contributed by atoms with E-state index < -0.39 is 5.97 Å². The molecule has 2 aromatic rings. The number of imide groups is 1. The van der Waals surface area contributed by atoms with Gasteiger partial charge in [-0.05, 0) is 49.2 Å². The fourth-order valence-corrected chi connectivity index (χ4v) is 3.11. The summed E-state index contributed by atoms with van der Waals surface area (Å²) in [5.41, 5.74) is 1.35. The number of ketones is 1. The van der Waals surface area contributed by atoms with Gasteiger partial charge in [0.15, 0.2) is 5.78 Å². The zero-order valence-corrected chi connectivity index (χ0v) is 15.8. The summed E-state index contributed by atoms with van der Waals surface area (Å²) in [7, 11) is 0. The summed E-state index contributed by atoms with van der Waals surface area (Å²) in [4.78, 5) is 48.2. The Morgan fingerprint density at radius 2 is 1.48 bits per heavy atom. The number of rotatable bonds is 10. The Kier molecular flexibility index (Phi) is 6.39. The maximum absolute atomic E-state index is 12.3. The van der Waals surface area contributed by atoms with Gasteiger partial charge in [0.05, 0.1) is 24.2 Å². The smallest absolute Gasteiger partial charge is 0.303 e. The lowest BCUT2D eigenvalue weighted by molar-refractivity contribution is -0.136. The van der Waals surface area contributed by atoms with E-state index in [0.29, 0.717) is 48.4 Å². The number of nitrogens with zero attached hydrogens (tertiary/aromatic N) is 1. The van der Waals surface area contributed by atoms with Gasteiger partial charge < -0.3 is 9.84 Å². The molecule has 150 valence electrons. The van der Waals surface area contributed by atoms with E-state index in [2.05, 4.69) is 0 Å². The average molecular weight is 395 g/mol. The zero-order chi connectivity index (χ0) is 20.8. The van der Waals surface area contributed by atoms with Crippen molar-refractivity contribution in [2.45, 2.75) is 25.7 Å². The number of fused-ring (bicyclic) bond motifs is 1. The second-order valence-electron chi connectivity index (χ2n) is 6.70. The van der Waals surface area contributed by atoms with Crippen LogP contribution in [0, 0.1) is 0 Å². The highest BCUT2D eigenvalue weighted by Gasteiger charge is 2.34. The molecule has 1 aliphatic heterocycles. The molecule has 1 heterocycles. The van der Waals surface area contributed by atoms with Crippen molar-refractivity contribution in [1.29, 1.82) is 0 Å². The second kappa shape index (κ2) is 9.14. The van der Waals surface area contributed by atoms with Gasteiger partial charge in [0, 0.05) is 18.5 Å². The summed E-state index contributed by atoms with van der Waals surface area (Å²) in [6.07, 6.45) is 1.06. The van der Waals surface area contributed by atoms with Gasteiger partial charge in [-0.1, -0.05) is 12.1 Å². The van der Waals surface area contributed by atoms with Crippen LogP contribution in [0.3, 0.4) is 0 Å². The first kappa shape index (κ1) is 20.3. The highest BCUT2D eigenvalue weighted by molar-refractivity contribution is 6.21. The van der Waals surface area contributed by atoms with E-state index in [-0.39, 0.29) is 30.4 Å². The van der Waals surface area contributed by atoms with Crippen molar-refractivity contribution in [3.05, 3.63) is 65.2 Å². The van der Waals surface area contributed by atoms with Crippen LogP contribution in [0.2, 0.25) is 0 Å². The summed E-state index contributed by atoms with van der Waals surface area (Å²) >= 11 is 0. The highest BCUT2D eigenvalue weighted by atomic mass is 16.5. The van der Waals surface area contributed by atoms with Crippen LogP contribution >= 0.6 is 0 Å². The lowest BCUT2D eigenvalue weighted by Gasteiger charge is -2.13. The standard InChI is InChI=1S/C22H21NO6/c24-19(11-12-20(25)26)15-7-9-16(10-8-15)29-14-4-3-13-23-21(27)17-5-1-2-6-18(17)22(23)28/h1-2,5-10H,3-4,11-14H2,(H,25,26). The molecule has 7 nitrogen and oxygen atoms in total. The predicted molar refractivity (Wildman–Crippen MR) is 104 cm³/mol. The summed E-state index contributed by atoms with van der Waals surface area (Å²) in [5, 5.41) is 8.63. The van der Waals surface area contributed by atoms with Gasteiger partial charge in [-0.2, -0.15) is 0 Å². The fraction of sp³-hybridized carbons (Fsp3) is 0.273. The van der Waals surface area contributed by atoms with Crippen molar-refractivity contribution in [2.75, 3.05) is 13.2 Å². The molecule has 0 atom stereocenters. The van der Waals surface area contributed by atoms with E-state index in [9.17, 15) is 19.2 Å². The third kappa shape index (κ3) is 4.87. The molecular weight excluding hydrogens is 374 g/mol. The maximum atomic E-state index is 12.3. The number of hydrogen-bond acceptors (Lipinski definition) is 5. The Labute approximate surface area is 167 Å². The highest BCUT2D eigenvalue weighted by Crippen LogP contribution is 2.22. The molecule has 0 saturated heterocycles. The van der Waals surface area contributed by atoms with Crippen molar-refractivity contribution in [1.82, 2.24) is 4.90 Å². The molecule has 0 bridgehead atoms. The largest absolute Gasteiger partial charge is 0.494 e. The number of carboxylic acid groups (broad SMARTS) is 1. The molecule has 0 spiro atoms. The number of carbonyl (C=O) groups excluding carboxylic acids is 3. The van der Waals surface area contributed by atoms with Crippen LogP contribution in [0.15, 0.2) is 48.5 Å². The third-order valence-corrected chi connectivity index (χ3v) is 4.67. The topological polar surface area (TPSA) is 101 Å². The van der Waals surface area contributed by atoms with Crippen LogP contribution in [0.1, 0.15) is 56.8 Å². The molecule has 29 heavy (non-hydrogen) atoms. The lowest BCUT2D eigenvalue weighted by Crippen LogP contribution is -2.30. The molecular formula is C22H21NO6. The van der Waals surface area contributed by atoms with Crippen LogP contribution in [0.4, 0.5) is 0 Å². The molecule has 0 aromatic heterocycles. The van der Waals surface area contributed by atoms with Crippen molar-refractivity contribution >= 4 is 23.6 Å². The Morgan fingerprint density at radius 1 is 0.862 bits per heavy atom. The molecule has 0 saturated carbocycles. The SMILES string of the molecule is O=C(O)CCC(=O)c1ccc(OCCCCN2C(=O)c3ccccc3C2=O)cc1. The number of amides is 2. The van der Waals surface area contributed by atoms with Crippen LogP contribution < -0.4 is 4.74 Å². The van der Waals surface area contributed by atoms with Crippen molar-refractivity contribution in [2.24, 2.45) is 0 Å². The minimum absolute atomic E-state index is 0.0344. The Hall–Kier alpha value is -3.48. The van der Waals surface area contributed by atoms with E-state index in [4.69, 9.17) is 9.84 Å². The van der Waals surface area contributed by atoms with Gasteiger partial charge in [0.25, 0.3) is 11.8 Å². The normalized spacial score (nSPS) is 12.8. The van der Waals surface area contributed by atoms with E-state index in [1.54, 1.807) is 48.5 Å². The number of benzene rings is 2. The third-order valence-electron chi connectivity index (χ3n) is 4.67.